The minimum Gasteiger partial charge on any atom is -0.356 e. The molecule has 0 radical (unpaired) electrons. The number of aliphatic imine (C=N–C) groups is 1. The van der Waals surface area contributed by atoms with Crippen molar-refractivity contribution in [2.24, 2.45) is 10.9 Å². The lowest BCUT2D eigenvalue weighted by atomic mass is 10.1. The number of rotatable bonds is 4. The Balaban J connectivity index is 2.18. The highest BCUT2D eigenvalue weighted by Crippen LogP contribution is 2.17. The van der Waals surface area contributed by atoms with Gasteiger partial charge in [-0.1, -0.05) is 26.7 Å². The first kappa shape index (κ1) is 12.3. The molecule has 1 saturated carbocycles. The smallest absolute Gasteiger partial charge is 0.191 e. The van der Waals surface area contributed by atoms with Gasteiger partial charge in [-0.25, -0.2) is 0 Å². The second-order valence-corrected chi connectivity index (χ2v) is 4.81. The van der Waals surface area contributed by atoms with Crippen molar-refractivity contribution in [3.8, 4) is 0 Å². The minimum atomic E-state index is 0.648. The van der Waals surface area contributed by atoms with E-state index in [9.17, 15) is 0 Å². The van der Waals surface area contributed by atoms with E-state index in [1.807, 2.05) is 7.05 Å². The molecule has 1 aliphatic rings. The van der Waals surface area contributed by atoms with Gasteiger partial charge in [-0.05, 0) is 25.2 Å². The number of nitrogens with one attached hydrogen (secondary N) is 2. The van der Waals surface area contributed by atoms with Crippen LogP contribution in [0.25, 0.3) is 0 Å². The molecule has 2 N–H and O–H groups in total. The fourth-order valence-corrected chi connectivity index (χ4v) is 1.94. The topological polar surface area (TPSA) is 36.4 Å². The first-order valence-corrected chi connectivity index (χ1v) is 6.19. The highest BCUT2D eigenvalue weighted by molar-refractivity contribution is 5.79. The maximum Gasteiger partial charge on any atom is 0.191 e. The third kappa shape index (κ3) is 5.05. The van der Waals surface area contributed by atoms with E-state index >= 15 is 0 Å². The summed E-state index contributed by atoms with van der Waals surface area (Å²) < 4.78 is 0. The van der Waals surface area contributed by atoms with Crippen molar-refractivity contribution in [2.75, 3.05) is 13.6 Å². The van der Waals surface area contributed by atoms with Crippen molar-refractivity contribution < 1.29 is 0 Å². The van der Waals surface area contributed by atoms with Gasteiger partial charge in [0.05, 0.1) is 0 Å². The maximum absolute atomic E-state index is 4.24. The quantitative estimate of drug-likeness (QED) is 0.552. The van der Waals surface area contributed by atoms with Crippen molar-refractivity contribution in [3.05, 3.63) is 0 Å². The lowest BCUT2D eigenvalue weighted by molar-refractivity contribution is 0.562. The SMILES string of the molecule is CN=C(NCCC(C)C)NC1CCCC1. The van der Waals surface area contributed by atoms with E-state index in [0.717, 1.165) is 18.4 Å². The van der Waals surface area contributed by atoms with E-state index in [-0.39, 0.29) is 0 Å². The lowest BCUT2D eigenvalue weighted by Crippen LogP contribution is -2.42. The van der Waals surface area contributed by atoms with Crippen molar-refractivity contribution in [3.63, 3.8) is 0 Å². The second kappa shape index (κ2) is 6.70. The van der Waals surface area contributed by atoms with Gasteiger partial charge in [0.2, 0.25) is 0 Å². The molecule has 0 aromatic heterocycles. The van der Waals surface area contributed by atoms with Gasteiger partial charge in [0.25, 0.3) is 0 Å². The minimum absolute atomic E-state index is 0.648. The van der Waals surface area contributed by atoms with Crippen LogP contribution in [0, 0.1) is 5.92 Å². The van der Waals surface area contributed by atoms with Crippen LogP contribution in [-0.2, 0) is 0 Å². The molecule has 0 unspecified atom stereocenters. The average Bonchev–Trinajstić information content (AvgIpc) is 2.68. The molecule has 0 atom stereocenters. The Bertz CT molecular complexity index is 193. The van der Waals surface area contributed by atoms with Gasteiger partial charge < -0.3 is 10.6 Å². The summed E-state index contributed by atoms with van der Waals surface area (Å²) in [4.78, 5) is 4.24. The molecule has 0 amide bonds. The Kier molecular flexibility index (Phi) is 5.51. The van der Waals surface area contributed by atoms with Gasteiger partial charge in [0.15, 0.2) is 5.96 Å². The average molecular weight is 211 g/mol. The van der Waals surface area contributed by atoms with Crippen LogP contribution in [0.1, 0.15) is 46.0 Å². The summed E-state index contributed by atoms with van der Waals surface area (Å²) in [5.74, 6) is 1.73. The molecule has 0 aliphatic heterocycles. The Morgan fingerprint density at radius 1 is 1.33 bits per heavy atom. The molecule has 1 fully saturated rings. The fraction of sp³-hybridized carbons (Fsp3) is 0.917. The predicted octanol–water partition coefficient (Wildman–Crippen LogP) is 2.14. The van der Waals surface area contributed by atoms with Crippen LogP contribution >= 0.6 is 0 Å². The molecule has 0 aromatic carbocycles. The van der Waals surface area contributed by atoms with Gasteiger partial charge in [0, 0.05) is 19.6 Å². The Labute approximate surface area is 93.7 Å². The maximum atomic E-state index is 4.24. The summed E-state index contributed by atoms with van der Waals surface area (Å²) in [7, 11) is 1.85. The van der Waals surface area contributed by atoms with Crippen LogP contribution in [0.3, 0.4) is 0 Å². The molecule has 1 aliphatic carbocycles. The monoisotopic (exact) mass is 211 g/mol. The molecule has 0 heterocycles. The summed E-state index contributed by atoms with van der Waals surface area (Å²) >= 11 is 0. The zero-order valence-electron chi connectivity index (χ0n) is 10.3. The lowest BCUT2D eigenvalue weighted by Gasteiger charge is -2.17. The van der Waals surface area contributed by atoms with E-state index in [0.29, 0.717) is 6.04 Å². The first-order chi connectivity index (χ1) is 7.22. The highest BCUT2D eigenvalue weighted by Gasteiger charge is 2.15. The van der Waals surface area contributed by atoms with Gasteiger partial charge in [-0.15, -0.1) is 0 Å². The summed E-state index contributed by atoms with van der Waals surface area (Å²) in [5, 5.41) is 6.84. The third-order valence-electron chi connectivity index (χ3n) is 2.93. The van der Waals surface area contributed by atoms with Crippen LogP contribution in [0.15, 0.2) is 4.99 Å². The van der Waals surface area contributed by atoms with Gasteiger partial charge >= 0.3 is 0 Å². The molecule has 3 nitrogen and oxygen atoms in total. The largest absolute Gasteiger partial charge is 0.356 e. The van der Waals surface area contributed by atoms with Gasteiger partial charge in [0.1, 0.15) is 0 Å². The van der Waals surface area contributed by atoms with Crippen molar-refractivity contribution in [2.45, 2.75) is 52.0 Å². The molecule has 88 valence electrons. The number of hydrogen-bond donors (Lipinski definition) is 2. The predicted molar refractivity (Wildman–Crippen MR) is 66.2 cm³/mol. The molecular weight excluding hydrogens is 186 g/mol. The molecule has 0 spiro atoms. The van der Waals surface area contributed by atoms with Crippen LogP contribution < -0.4 is 10.6 Å². The summed E-state index contributed by atoms with van der Waals surface area (Å²) in [6.45, 7) is 5.51. The van der Waals surface area contributed by atoms with Gasteiger partial charge in [-0.2, -0.15) is 0 Å². The standard InChI is InChI=1S/C12H25N3/c1-10(2)8-9-14-12(13-3)15-11-6-4-5-7-11/h10-11H,4-9H2,1-3H3,(H2,13,14,15). The van der Waals surface area contributed by atoms with Crippen molar-refractivity contribution in [1.82, 2.24) is 10.6 Å². The Morgan fingerprint density at radius 2 is 2.00 bits per heavy atom. The normalized spacial score (nSPS) is 18.5. The summed E-state index contributed by atoms with van der Waals surface area (Å²) in [5.41, 5.74) is 0. The number of hydrogen-bond acceptors (Lipinski definition) is 1. The van der Waals surface area contributed by atoms with Crippen LogP contribution in [0.2, 0.25) is 0 Å². The van der Waals surface area contributed by atoms with Crippen LogP contribution in [0.5, 0.6) is 0 Å². The Hall–Kier alpha value is -0.730. The second-order valence-electron chi connectivity index (χ2n) is 4.81. The van der Waals surface area contributed by atoms with E-state index < -0.39 is 0 Å². The molecule has 0 saturated heterocycles. The van der Waals surface area contributed by atoms with Crippen molar-refractivity contribution >= 4 is 5.96 Å². The third-order valence-corrected chi connectivity index (χ3v) is 2.93. The highest BCUT2D eigenvalue weighted by atomic mass is 15.2. The van der Waals surface area contributed by atoms with E-state index in [1.54, 1.807) is 0 Å². The van der Waals surface area contributed by atoms with Crippen LogP contribution in [-0.4, -0.2) is 25.6 Å². The zero-order valence-corrected chi connectivity index (χ0v) is 10.3. The molecule has 0 aromatic rings. The molecule has 1 rings (SSSR count). The molecule has 3 heteroatoms. The van der Waals surface area contributed by atoms with Crippen molar-refractivity contribution in [1.29, 1.82) is 0 Å². The van der Waals surface area contributed by atoms with E-state index in [4.69, 9.17) is 0 Å². The van der Waals surface area contributed by atoms with E-state index in [2.05, 4.69) is 29.5 Å². The number of guanidine groups is 1. The van der Waals surface area contributed by atoms with Gasteiger partial charge in [-0.3, -0.25) is 4.99 Å². The zero-order chi connectivity index (χ0) is 11.1. The molecule has 15 heavy (non-hydrogen) atoms. The Morgan fingerprint density at radius 3 is 2.53 bits per heavy atom. The van der Waals surface area contributed by atoms with Crippen LogP contribution in [0.4, 0.5) is 0 Å². The summed E-state index contributed by atoms with van der Waals surface area (Å²) in [6.07, 6.45) is 6.52. The number of nitrogens with zero attached hydrogens (tertiary/aromatic N) is 1. The first-order valence-electron chi connectivity index (χ1n) is 6.19. The molecule has 0 bridgehead atoms. The molecular formula is C12H25N3. The summed E-state index contributed by atoms with van der Waals surface area (Å²) in [6, 6.07) is 0.648. The van der Waals surface area contributed by atoms with E-state index in [1.165, 1.54) is 32.1 Å². The fourth-order valence-electron chi connectivity index (χ4n) is 1.94.